The van der Waals surface area contributed by atoms with E-state index in [0.29, 0.717) is 6.04 Å². The molecule has 4 aromatic rings. The van der Waals surface area contributed by atoms with Gasteiger partial charge in [0, 0.05) is 30.4 Å². The summed E-state index contributed by atoms with van der Waals surface area (Å²) in [4.78, 5) is 15.5. The molecule has 3 heterocycles. The first-order chi connectivity index (χ1) is 16.7. The Morgan fingerprint density at radius 3 is 2.71 bits per heavy atom. The maximum absolute atomic E-state index is 5.12. The molecule has 1 aromatic carbocycles. The lowest BCUT2D eigenvalue weighted by Gasteiger charge is -2.14. The molecular weight excluding hydrogens is 446 g/mol. The smallest absolute Gasteiger partial charge is 0.183 e. The number of hydrogen-bond acceptors (Lipinski definition) is 8. The second kappa shape index (κ2) is 8.57. The van der Waals surface area contributed by atoms with Crippen molar-refractivity contribution in [3.05, 3.63) is 59.4 Å². The minimum atomic E-state index is 0.575. The van der Waals surface area contributed by atoms with E-state index >= 15 is 0 Å². The minimum Gasteiger partial charge on any atom is -0.399 e. The zero-order valence-electron chi connectivity index (χ0n) is 19.1. The number of oxime groups is 1. The van der Waals surface area contributed by atoms with Crippen molar-refractivity contribution in [2.45, 2.75) is 31.7 Å². The lowest BCUT2D eigenvalue weighted by atomic mass is 9.95. The number of hydrogen-bond donors (Lipinski definition) is 2. The number of anilines is 2. The lowest BCUT2D eigenvalue weighted by Crippen LogP contribution is -2.06. The highest BCUT2D eigenvalue weighted by Crippen LogP contribution is 2.44. The zero-order chi connectivity index (χ0) is 23.1. The van der Waals surface area contributed by atoms with Gasteiger partial charge in [0.15, 0.2) is 5.13 Å². The van der Waals surface area contributed by atoms with Gasteiger partial charge in [0.05, 0.1) is 33.9 Å². The van der Waals surface area contributed by atoms with Crippen LogP contribution in [-0.4, -0.2) is 46.2 Å². The Hall–Kier alpha value is -3.72. The molecule has 2 aliphatic rings. The summed E-state index contributed by atoms with van der Waals surface area (Å²) < 4.78 is 2.06. The van der Waals surface area contributed by atoms with Gasteiger partial charge in [0.1, 0.15) is 12.9 Å². The van der Waals surface area contributed by atoms with Crippen LogP contribution in [0.2, 0.25) is 0 Å². The monoisotopic (exact) mass is 471 g/mol. The van der Waals surface area contributed by atoms with Gasteiger partial charge in [-0.2, -0.15) is 5.10 Å². The summed E-state index contributed by atoms with van der Waals surface area (Å²) in [5.41, 5.74) is 7.49. The van der Waals surface area contributed by atoms with Crippen LogP contribution >= 0.6 is 11.3 Å². The molecule has 1 saturated carbocycles. The van der Waals surface area contributed by atoms with E-state index in [0.717, 1.165) is 57.7 Å². The second-order valence-corrected chi connectivity index (χ2v) is 9.49. The maximum Gasteiger partial charge on any atom is 0.183 e. The van der Waals surface area contributed by atoms with Crippen LogP contribution in [0.5, 0.6) is 0 Å². The van der Waals surface area contributed by atoms with Gasteiger partial charge in [0.2, 0.25) is 0 Å². The molecule has 0 saturated heterocycles. The highest BCUT2D eigenvalue weighted by atomic mass is 32.1. The van der Waals surface area contributed by atoms with Crippen molar-refractivity contribution in [1.82, 2.24) is 19.7 Å². The second-order valence-electron chi connectivity index (χ2n) is 8.49. The molecule has 2 aliphatic carbocycles. The summed E-state index contributed by atoms with van der Waals surface area (Å²) in [6, 6.07) is 12.8. The van der Waals surface area contributed by atoms with E-state index in [1.807, 2.05) is 31.4 Å². The number of benzene rings is 1. The summed E-state index contributed by atoms with van der Waals surface area (Å²) in [5, 5.41) is 16.7. The van der Waals surface area contributed by atoms with Crippen LogP contribution in [-0.2, 0) is 17.7 Å². The molecular formula is C25H25N7OS. The Morgan fingerprint density at radius 1 is 1.15 bits per heavy atom. The number of thiazole rings is 1. The van der Waals surface area contributed by atoms with Gasteiger partial charge in [-0.1, -0.05) is 28.6 Å². The van der Waals surface area contributed by atoms with Crippen molar-refractivity contribution in [2.75, 3.05) is 24.8 Å². The van der Waals surface area contributed by atoms with E-state index in [1.54, 1.807) is 24.7 Å². The molecule has 0 radical (unpaired) electrons. The number of pyridine rings is 1. The first kappa shape index (κ1) is 20.9. The average Bonchev–Trinajstić information content (AvgIpc) is 3.46. The number of nitrogens with one attached hydrogen (secondary N) is 2. The topological polar surface area (TPSA) is 89.2 Å². The molecule has 0 spiro atoms. The summed E-state index contributed by atoms with van der Waals surface area (Å²) in [7, 11) is 3.41. The maximum atomic E-state index is 5.12. The van der Waals surface area contributed by atoms with E-state index in [2.05, 4.69) is 43.7 Å². The molecule has 0 unspecified atom stereocenters. The van der Waals surface area contributed by atoms with Crippen molar-refractivity contribution in [1.29, 1.82) is 0 Å². The number of nitrogens with zero attached hydrogens (tertiary/aromatic N) is 5. The van der Waals surface area contributed by atoms with Gasteiger partial charge in [-0.3, -0.25) is 0 Å². The first-order valence-corrected chi connectivity index (χ1v) is 12.2. The first-order valence-electron chi connectivity index (χ1n) is 11.4. The standard InChI is InChI=1S/C25H25N7OS/c1-26-21-12-5-16(14-27-21)22-19-10-11-20-24(34-25(30-20)29-17-6-7-17)23(19)32(31-22)18-8-3-15(4-9-18)13-28-33-2/h3-5,8-9,12-14,17H,6-7,10-11H2,1-2H3,(H,26,27)(H,29,30)/b28-13+. The third kappa shape index (κ3) is 3.81. The Kier molecular flexibility index (Phi) is 5.26. The molecule has 6 rings (SSSR count). The summed E-state index contributed by atoms with van der Waals surface area (Å²) in [6.45, 7) is 0. The van der Waals surface area contributed by atoms with Crippen LogP contribution in [0, 0.1) is 0 Å². The van der Waals surface area contributed by atoms with E-state index in [1.165, 1.54) is 23.3 Å². The van der Waals surface area contributed by atoms with Gasteiger partial charge in [-0.25, -0.2) is 14.6 Å². The zero-order valence-corrected chi connectivity index (χ0v) is 19.9. The van der Waals surface area contributed by atoms with Gasteiger partial charge in [0.25, 0.3) is 0 Å². The van der Waals surface area contributed by atoms with Crippen molar-refractivity contribution in [3.63, 3.8) is 0 Å². The van der Waals surface area contributed by atoms with Gasteiger partial charge in [-0.15, -0.1) is 0 Å². The fraction of sp³-hybridized carbons (Fsp3) is 0.280. The molecule has 34 heavy (non-hydrogen) atoms. The third-order valence-corrected chi connectivity index (χ3v) is 7.19. The SMILES string of the molecule is CNc1ccc(-c2nn(-c3ccc(/C=N/OC)cc3)c3c2CCc2nc(NC4CC4)sc2-3)cn1. The van der Waals surface area contributed by atoms with Gasteiger partial charge in [-0.05, 0) is 55.5 Å². The highest BCUT2D eigenvalue weighted by molar-refractivity contribution is 7.19. The van der Waals surface area contributed by atoms with Crippen LogP contribution in [0.3, 0.4) is 0 Å². The molecule has 0 atom stereocenters. The lowest BCUT2D eigenvalue weighted by molar-refractivity contribution is 0.215. The van der Waals surface area contributed by atoms with Crippen LogP contribution < -0.4 is 10.6 Å². The third-order valence-electron chi connectivity index (χ3n) is 6.15. The molecule has 9 heteroatoms. The Bertz CT molecular complexity index is 1350. The van der Waals surface area contributed by atoms with Crippen molar-refractivity contribution in [2.24, 2.45) is 5.16 Å². The van der Waals surface area contributed by atoms with Crippen molar-refractivity contribution in [3.8, 4) is 27.5 Å². The fourth-order valence-corrected chi connectivity index (χ4v) is 5.40. The molecule has 0 amide bonds. The summed E-state index contributed by atoms with van der Waals surface area (Å²) in [5.74, 6) is 0.839. The molecule has 8 nitrogen and oxygen atoms in total. The van der Waals surface area contributed by atoms with Crippen LogP contribution in [0.25, 0.3) is 27.5 Å². The molecule has 2 N–H and O–H groups in total. The van der Waals surface area contributed by atoms with E-state index < -0.39 is 0 Å². The van der Waals surface area contributed by atoms with Gasteiger partial charge >= 0.3 is 0 Å². The summed E-state index contributed by atoms with van der Waals surface area (Å²) >= 11 is 1.74. The minimum absolute atomic E-state index is 0.575. The van der Waals surface area contributed by atoms with E-state index in [9.17, 15) is 0 Å². The normalized spacial score (nSPS) is 14.6. The van der Waals surface area contributed by atoms with Crippen LogP contribution in [0.1, 0.15) is 29.7 Å². The molecule has 1 fully saturated rings. The predicted octanol–water partition coefficient (Wildman–Crippen LogP) is 4.75. The quantitative estimate of drug-likeness (QED) is 0.299. The van der Waals surface area contributed by atoms with Crippen molar-refractivity contribution >= 4 is 28.5 Å². The van der Waals surface area contributed by atoms with E-state index in [4.69, 9.17) is 14.9 Å². The molecule has 3 aromatic heterocycles. The highest BCUT2D eigenvalue weighted by Gasteiger charge is 2.31. The average molecular weight is 472 g/mol. The van der Waals surface area contributed by atoms with Crippen LogP contribution in [0.4, 0.5) is 10.9 Å². The van der Waals surface area contributed by atoms with Gasteiger partial charge < -0.3 is 15.5 Å². The Morgan fingerprint density at radius 2 is 2.00 bits per heavy atom. The number of aryl methyl sites for hydroxylation is 1. The molecule has 0 aliphatic heterocycles. The molecule has 0 bridgehead atoms. The Balaban J connectivity index is 1.48. The number of fused-ring (bicyclic) bond motifs is 3. The number of aromatic nitrogens is 4. The fourth-order valence-electron chi connectivity index (χ4n) is 4.25. The van der Waals surface area contributed by atoms with E-state index in [-0.39, 0.29) is 0 Å². The number of rotatable bonds is 7. The van der Waals surface area contributed by atoms with Crippen LogP contribution in [0.15, 0.2) is 47.8 Å². The summed E-state index contributed by atoms with van der Waals surface area (Å²) in [6.07, 6.45) is 7.86. The molecule has 172 valence electrons. The Labute approximate surface area is 201 Å². The predicted molar refractivity (Wildman–Crippen MR) is 136 cm³/mol. The van der Waals surface area contributed by atoms with Crippen molar-refractivity contribution < 1.29 is 4.84 Å². The largest absolute Gasteiger partial charge is 0.399 e.